The maximum Gasteiger partial charge on any atom is 0.238 e. The van der Waals surface area contributed by atoms with Crippen LogP contribution in [-0.4, -0.2) is 39.3 Å². The summed E-state index contributed by atoms with van der Waals surface area (Å²) in [5.74, 6) is 0.698. The monoisotopic (exact) mass is 252 g/mol. The SMILES string of the molecule is CCOCCOc1ccc(NC(=O)CNC)cc1. The second-order valence-corrected chi connectivity index (χ2v) is 3.65. The van der Waals surface area contributed by atoms with E-state index in [2.05, 4.69) is 10.6 Å². The van der Waals surface area contributed by atoms with E-state index in [0.717, 1.165) is 11.4 Å². The van der Waals surface area contributed by atoms with Crippen molar-refractivity contribution in [3.05, 3.63) is 24.3 Å². The third-order valence-electron chi connectivity index (χ3n) is 2.18. The molecular weight excluding hydrogens is 232 g/mol. The molecule has 0 saturated carbocycles. The fourth-order valence-electron chi connectivity index (χ4n) is 1.36. The molecule has 0 aliphatic carbocycles. The third-order valence-corrected chi connectivity index (χ3v) is 2.18. The molecule has 0 unspecified atom stereocenters. The van der Waals surface area contributed by atoms with E-state index < -0.39 is 0 Å². The van der Waals surface area contributed by atoms with Crippen LogP contribution in [0, 0.1) is 0 Å². The zero-order valence-corrected chi connectivity index (χ0v) is 10.9. The lowest BCUT2D eigenvalue weighted by Gasteiger charge is -2.08. The maximum atomic E-state index is 11.3. The first-order chi connectivity index (χ1) is 8.76. The Morgan fingerprint density at radius 1 is 1.22 bits per heavy atom. The predicted molar refractivity (Wildman–Crippen MR) is 71.0 cm³/mol. The van der Waals surface area contributed by atoms with Crippen LogP contribution in [0.4, 0.5) is 5.69 Å². The number of hydrogen-bond donors (Lipinski definition) is 2. The van der Waals surface area contributed by atoms with E-state index in [1.807, 2.05) is 31.2 Å². The van der Waals surface area contributed by atoms with Gasteiger partial charge in [-0.2, -0.15) is 0 Å². The summed E-state index contributed by atoms with van der Waals surface area (Å²) in [5, 5.41) is 5.55. The molecule has 0 fully saturated rings. The Labute approximate surface area is 107 Å². The van der Waals surface area contributed by atoms with Gasteiger partial charge in [-0.15, -0.1) is 0 Å². The average Bonchev–Trinajstić information content (AvgIpc) is 2.37. The highest BCUT2D eigenvalue weighted by Gasteiger charge is 2.00. The van der Waals surface area contributed by atoms with E-state index in [1.54, 1.807) is 7.05 Å². The zero-order valence-electron chi connectivity index (χ0n) is 10.9. The molecule has 0 heterocycles. The number of carbonyl (C=O) groups is 1. The van der Waals surface area contributed by atoms with E-state index in [-0.39, 0.29) is 5.91 Å². The molecule has 1 aromatic carbocycles. The largest absolute Gasteiger partial charge is 0.491 e. The van der Waals surface area contributed by atoms with Gasteiger partial charge in [0.1, 0.15) is 12.4 Å². The van der Waals surface area contributed by atoms with Crippen LogP contribution in [0.15, 0.2) is 24.3 Å². The van der Waals surface area contributed by atoms with Crippen LogP contribution in [0.5, 0.6) is 5.75 Å². The summed E-state index contributed by atoms with van der Waals surface area (Å²) in [6.45, 7) is 4.05. The van der Waals surface area contributed by atoms with E-state index in [9.17, 15) is 4.79 Å². The summed E-state index contributed by atoms with van der Waals surface area (Å²) in [5.41, 5.74) is 0.757. The lowest BCUT2D eigenvalue weighted by Crippen LogP contribution is -2.24. The van der Waals surface area contributed by atoms with Gasteiger partial charge >= 0.3 is 0 Å². The predicted octanol–water partition coefficient (Wildman–Crippen LogP) is 1.26. The van der Waals surface area contributed by atoms with Crippen LogP contribution >= 0.6 is 0 Å². The maximum absolute atomic E-state index is 11.3. The second kappa shape index (κ2) is 8.49. The van der Waals surface area contributed by atoms with Crippen molar-refractivity contribution in [3.8, 4) is 5.75 Å². The lowest BCUT2D eigenvalue weighted by atomic mass is 10.3. The van der Waals surface area contributed by atoms with Gasteiger partial charge in [-0.25, -0.2) is 0 Å². The number of rotatable bonds is 8. The number of amides is 1. The highest BCUT2D eigenvalue weighted by molar-refractivity contribution is 5.92. The normalized spacial score (nSPS) is 10.1. The van der Waals surface area contributed by atoms with Gasteiger partial charge in [0.15, 0.2) is 0 Å². The first-order valence-electron chi connectivity index (χ1n) is 6.01. The number of ether oxygens (including phenoxy) is 2. The first kappa shape index (κ1) is 14.5. The van der Waals surface area contributed by atoms with Crippen molar-refractivity contribution in [2.75, 3.05) is 38.7 Å². The number of benzene rings is 1. The molecular formula is C13H20N2O3. The number of nitrogens with one attached hydrogen (secondary N) is 2. The van der Waals surface area contributed by atoms with Crippen molar-refractivity contribution in [1.29, 1.82) is 0 Å². The molecule has 1 aromatic rings. The van der Waals surface area contributed by atoms with Crippen LogP contribution in [0.2, 0.25) is 0 Å². The minimum absolute atomic E-state index is 0.0671. The molecule has 0 aliphatic rings. The molecule has 1 amide bonds. The van der Waals surface area contributed by atoms with Gasteiger partial charge in [0.25, 0.3) is 0 Å². The number of anilines is 1. The Kier molecular flexibility index (Phi) is 6.83. The molecule has 1 rings (SSSR count). The number of carbonyl (C=O) groups excluding carboxylic acids is 1. The first-order valence-corrected chi connectivity index (χ1v) is 6.01. The Morgan fingerprint density at radius 2 is 1.94 bits per heavy atom. The molecule has 0 aromatic heterocycles. The Hall–Kier alpha value is -1.59. The highest BCUT2D eigenvalue weighted by atomic mass is 16.5. The summed E-state index contributed by atoms with van der Waals surface area (Å²) >= 11 is 0. The highest BCUT2D eigenvalue weighted by Crippen LogP contribution is 2.15. The van der Waals surface area contributed by atoms with Crippen LogP contribution < -0.4 is 15.4 Å². The Balaban J connectivity index is 2.35. The minimum atomic E-state index is -0.0671. The molecule has 5 heteroatoms. The van der Waals surface area contributed by atoms with Gasteiger partial charge in [0.05, 0.1) is 13.2 Å². The molecule has 0 saturated heterocycles. The topological polar surface area (TPSA) is 59.6 Å². The van der Waals surface area contributed by atoms with E-state index in [0.29, 0.717) is 26.4 Å². The molecule has 2 N–H and O–H groups in total. The fraction of sp³-hybridized carbons (Fsp3) is 0.462. The Morgan fingerprint density at radius 3 is 2.56 bits per heavy atom. The smallest absolute Gasteiger partial charge is 0.238 e. The third kappa shape index (κ3) is 5.65. The van der Waals surface area contributed by atoms with Crippen LogP contribution in [0.1, 0.15) is 6.92 Å². The fourth-order valence-corrected chi connectivity index (χ4v) is 1.36. The van der Waals surface area contributed by atoms with E-state index in [1.165, 1.54) is 0 Å². The zero-order chi connectivity index (χ0) is 13.2. The molecule has 100 valence electrons. The van der Waals surface area contributed by atoms with Gasteiger partial charge in [0, 0.05) is 12.3 Å². The minimum Gasteiger partial charge on any atom is -0.491 e. The average molecular weight is 252 g/mol. The van der Waals surface area contributed by atoms with E-state index >= 15 is 0 Å². The van der Waals surface area contributed by atoms with Gasteiger partial charge in [-0.3, -0.25) is 4.79 Å². The van der Waals surface area contributed by atoms with Crippen LogP contribution in [0.25, 0.3) is 0 Å². The van der Waals surface area contributed by atoms with Crippen molar-refractivity contribution in [3.63, 3.8) is 0 Å². The lowest BCUT2D eigenvalue weighted by molar-refractivity contribution is -0.115. The molecule has 0 atom stereocenters. The van der Waals surface area contributed by atoms with E-state index in [4.69, 9.17) is 9.47 Å². The summed E-state index contributed by atoms with van der Waals surface area (Å²) in [6, 6.07) is 7.26. The second-order valence-electron chi connectivity index (χ2n) is 3.65. The summed E-state index contributed by atoms with van der Waals surface area (Å²) in [7, 11) is 1.73. The summed E-state index contributed by atoms with van der Waals surface area (Å²) < 4.78 is 10.6. The molecule has 0 bridgehead atoms. The van der Waals surface area contributed by atoms with Gasteiger partial charge in [-0.1, -0.05) is 0 Å². The molecule has 18 heavy (non-hydrogen) atoms. The Bertz CT molecular complexity index is 352. The van der Waals surface area contributed by atoms with Crippen molar-refractivity contribution in [2.24, 2.45) is 0 Å². The van der Waals surface area contributed by atoms with Crippen molar-refractivity contribution >= 4 is 11.6 Å². The summed E-state index contributed by atoms with van der Waals surface area (Å²) in [6.07, 6.45) is 0. The van der Waals surface area contributed by atoms with Gasteiger partial charge < -0.3 is 20.1 Å². The van der Waals surface area contributed by atoms with Crippen LogP contribution in [-0.2, 0) is 9.53 Å². The van der Waals surface area contributed by atoms with Crippen molar-refractivity contribution in [1.82, 2.24) is 5.32 Å². The van der Waals surface area contributed by atoms with Crippen LogP contribution in [0.3, 0.4) is 0 Å². The quantitative estimate of drug-likeness (QED) is 0.684. The molecule has 0 spiro atoms. The molecule has 5 nitrogen and oxygen atoms in total. The molecule has 0 aliphatic heterocycles. The summed E-state index contributed by atoms with van der Waals surface area (Å²) in [4.78, 5) is 11.3. The molecule has 0 radical (unpaired) electrons. The standard InChI is InChI=1S/C13H20N2O3/c1-3-17-8-9-18-12-6-4-11(5-7-12)15-13(16)10-14-2/h4-7,14H,3,8-10H2,1-2H3,(H,15,16). The van der Waals surface area contributed by atoms with Gasteiger partial charge in [-0.05, 0) is 38.2 Å². The number of likely N-dealkylation sites (N-methyl/N-ethyl adjacent to an activating group) is 1. The van der Waals surface area contributed by atoms with Crippen molar-refractivity contribution < 1.29 is 14.3 Å². The van der Waals surface area contributed by atoms with Crippen molar-refractivity contribution in [2.45, 2.75) is 6.92 Å². The van der Waals surface area contributed by atoms with Gasteiger partial charge in [0.2, 0.25) is 5.91 Å². The number of hydrogen-bond acceptors (Lipinski definition) is 4.